The van der Waals surface area contributed by atoms with Gasteiger partial charge in [-0.05, 0) is 12.1 Å². The minimum Gasteiger partial charge on any atom is -0.469 e. The summed E-state index contributed by atoms with van der Waals surface area (Å²) in [7, 11) is 0. The molecule has 0 aromatic carbocycles. The third-order valence-corrected chi connectivity index (χ3v) is 2.14. The lowest BCUT2D eigenvalue weighted by Crippen LogP contribution is -2.39. The summed E-state index contributed by atoms with van der Waals surface area (Å²) in [4.78, 5) is 4.38. The standard InChI is InChI=1S/C9H10N2O2S/c10-8(14)7-2-1-3-11-9(7)13-6-4-12-5-6/h1-3,6H,4-5H2,(H2,10,14). The molecule has 1 fully saturated rings. The van der Waals surface area contributed by atoms with Crippen LogP contribution in [-0.4, -0.2) is 29.3 Å². The van der Waals surface area contributed by atoms with Crippen molar-refractivity contribution in [3.8, 4) is 5.88 Å². The molecule has 0 atom stereocenters. The second-order valence-electron chi connectivity index (χ2n) is 3.00. The minimum absolute atomic E-state index is 0.0815. The van der Waals surface area contributed by atoms with Crippen LogP contribution < -0.4 is 10.5 Å². The van der Waals surface area contributed by atoms with Gasteiger partial charge < -0.3 is 15.2 Å². The number of thiocarbonyl (C=S) groups is 1. The maximum atomic E-state index is 5.54. The van der Waals surface area contributed by atoms with Crippen LogP contribution >= 0.6 is 12.2 Å². The van der Waals surface area contributed by atoms with Gasteiger partial charge in [-0.15, -0.1) is 0 Å². The van der Waals surface area contributed by atoms with Gasteiger partial charge in [-0.3, -0.25) is 0 Å². The third kappa shape index (κ3) is 1.83. The summed E-state index contributed by atoms with van der Waals surface area (Å²) in [6, 6.07) is 3.57. The van der Waals surface area contributed by atoms with Gasteiger partial charge in [-0.25, -0.2) is 4.98 Å². The molecule has 1 saturated heterocycles. The Labute approximate surface area is 87.0 Å². The lowest BCUT2D eigenvalue weighted by Gasteiger charge is -2.26. The fraction of sp³-hybridized carbons (Fsp3) is 0.333. The van der Waals surface area contributed by atoms with Crippen molar-refractivity contribution in [3.05, 3.63) is 23.9 Å². The average molecular weight is 210 g/mol. The lowest BCUT2D eigenvalue weighted by atomic mass is 10.2. The molecule has 0 radical (unpaired) electrons. The molecule has 2 heterocycles. The van der Waals surface area contributed by atoms with Crippen LogP contribution in [0.2, 0.25) is 0 Å². The maximum absolute atomic E-state index is 5.54. The normalized spacial score (nSPS) is 16.0. The molecule has 2 N–H and O–H groups in total. The van der Waals surface area contributed by atoms with Crippen molar-refractivity contribution < 1.29 is 9.47 Å². The van der Waals surface area contributed by atoms with E-state index >= 15 is 0 Å². The Hall–Kier alpha value is -1.20. The first kappa shape index (κ1) is 9.36. The van der Waals surface area contributed by atoms with E-state index in [4.69, 9.17) is 27.4 Å². The number of hydrogen-bond acceptors (Lipinski definition) is 4. The number of aromatic nitrogens is 1. The topological polar surface area (TPSA) is 57.4 Å². The first-order valence-electron chi connectivity index (χ1n) is 4.26. The number of ether oxygens (including phenoxy) is 2. The Kier molecular flexibility index (Phi) is 2.60. The van der Waals surface area contributed by atoms with E-state index in [0.717, 1.165) is 0 Å². The van der Waals surface area contributed by atoms with Gasteiger partial charge >= 0.3 is 0 Å². The smallest absolute Gasteiger partial charge is 0.224 e. The molecule has 2 rings (SSSR count). The van der Waals surface area contributed by atoms with Gasteiger partial charge in [0.25, 0.3) is 0 Å². The maximum Gasteiger partial charge on any atom is 0.224 e. The van der Waals surface area contributed by atoms with Crippen molar-refractivity contribution in [3.63, 3.8) is 0 Å². The predicted octanol–water partition coefficient (Wildman–Crippen LogP) is 0.493. The van der Waals surface area contributed by atoms with Crippen molar-refractivity contribution in [1.29, 1.82) is 0 Å². The highest BCUT2D eigenvalue weighted by molar-refractivity contribution is 7.80. The number of hydrogen-bond donors (Lipinski definition) is 1. The second kappa shape index (κ2) is 3.89. The quantitative estimate of drug-likeness (QED) is 0.736. The van der Waals surface area contributed by atoms with E-state index in [0.29, 0.717) is 29.6 Å². The van der Waals surface area contributed by atoms with Gasteiger partial charge in [-0.2, -0.15) is 0 Å². The summed E-state index contributed by atoms with van der Waals surface area (Å²) in [5, 5.41) is 0. The molecule has 1 aromatic heterocycles. The highest BCUT2D eigenvalue weighted by Gasteiger charge is 2.22. The van der Waals surface area contributed by atoms with E-state index in [1.807, 2.05) is 0 Å². The first-order chi connectivity index (χ1) is 6.77. The van der Waals surface area contributed by atoms with E-state index in [-0.39, 0.29) is 6.10 Å². The van der Waals surface area contributed by atoms with Gasteiger partial charge in [0, 0.05) is 6.20 Å². The minimum atomic E-state index is 0.0815. The zero-order chi connectivity index (χ0) is 9.97. The third-order valence-electron chi connectivity index (χ3n) is 1.92. The summed E-state index contributed by atoms with van der Waals surface area (Å²) in [6.45, 7) is 1.21. The van der Waals surface area contributed by atoms with Gasteiger partial charge in [-0.1, -0.05) is 12.2 Å². The number of pyridine rings is 1. The van der Waals surface area contributed by atoms with Crippen LogP contribution in [0.15, 0.2) is 18.3 Å². The van der Waals surface area contributed by atoms with Crippen molar-refractivity contribution in [1.82, 2.24) is 4.98 Å². The summed E-state index contributed by atoms with van der Waals surface area (Å²) in [5.74, 6) is 0.494. The van der Waals surface area contributed by atoms with E-state index < -0.39 is 0 Å². The van der Waals surface area contributed by atoms with Crippen LogP contribution in [0.5, 0.6) is 5.88 Å². The number of nitrogens with zero attached hydrogens (tertiary/aromatic N) is 1. The molecule has 0 spiro atoms. The van der Waals surface area contributed by atoms with Crippen LogP contribution in [0.1, 0.15) is 5.56 Å². The summed E-state index contributed by atoms with van der Waals surface area (Å²) >= 11 is 4.88. The lowest BCUT2D eigenvalue weighted by molar-refractivity contribution is -0.0813. The Bertz CT molecular complexity index is 352. The van der Waals surface area contributed by atoms with Crippen molar-refractivity contribution in [2.24, 2.45) is 5.73 Å². The largest absolute Gasteiger partial charge is 0.469 e. The molecule has 0 unspecified atom stereocenters. The molecule has 1 aromatic rings. The molecule has 0 saturated carbocycles. The molecular weight excluding hydrogens is 200 g/mol. The van der Waals surface area contributed by atoms with Gasteiger partial charge in [0.1, 0.15) is 11.1 Å². The molecule has 0 amide bonds. The van der Waals surface area contributed by atoms with Crippen molar-refractivity contribution in [2.45, 2.75) is 6.10 Å². The summed E-state index contributed by atoms with van der Waals surface area (Å²) in [6.07, 6.45) is 1.73. The highest BCUT2D eigenvalue weighted by atomic mass is 32.1. The van der Waals surface area contributed by atoms with Gasteiger partial charge in [0.2, 0.25) is 5.88 Å². The van der Waals surface area contributed by atoms with Crippen LogP contribution in [0.25, 0.3) is 0 Å². The van der Waals surface area contributed by atoms with E-state index in [9.17, 15) is 0 Å². The molecule has 74 valence electrons. The molecular formula is C9H10N2O2S. The SMILES string of the molecule is NC(=S)c1cccnc1OC1COC1. The Morgan fingerprint density at radius 1 is 1.64 bits per heavy atom. The highest BCUT2D eigenvalue weighted by Crippen LogP contribution is 2.18. The van der Waals surface area contributed by atoms with Crippen LogP contribution in [0, 0.1) is 0 Å². The Balaban J connectivity index is 2.17. The number of nitrogens with two attached hydrogens (primary N) is 1. The van der Waals surface area contributed by atoms with E-state index in [1.165, 1.54) is 0 Å². The summed E-state index contributed by atoms with van der Waals surface area (Å²) < 4.78 is 10.5. The Morgan fingerprint density at radius 3 is 3.00 bits per heavy atom. The fourth-order valence-corrected chi connectivity index (χ4v) is 1.27. The molecule has 1 aliphatic heterocycles. The molecule has 4 nitrogen and oxygen atoms in total. The second-order valence-corrected chi connectivity index (χ2v) is 3.44. The zero-order valence-corrected chi connectivity index (χ0v) is 8.29. The molecule has 5 heteroatoms. The van der Waals surface area contributed by atoms with Crippen molar-refractivity contribution >= 4 is 17.2 Å². The number of rotatable bonds is 3. The van der Waals surface area contributed by atoms with Gasteiger partial charge in [0.05, 0.1) is 18.8 Å². The molecule has 0 aliphatic carbocycles. The van der Waals surface area contributed by atoms with Crippen LogP contribution in [0.4, 0.5) is 0 Å². The first-order valence-corrected chi connectivity index (χ1v) is 4.67. The van der Waals surface area contributed by atoms with E-state index in [1.54, 1.807) is 18.3 Å². The summed E-state index contributed by atoms with van der Waals surface area (Å²) in [5.41, 5.74) is 6.21. The predicted molar refractivity (Wildman–Crippen MR) is 55.4 cm³/mol. The average Bonchev–Trinajstić information content (AvgIpc) is 2.12. The van der Waals surface area contributed by atoms with E-state index in [2.05, 4.69) is 4.98 Å². The fourth-order valence-electron chi connectivity index (χ4n) is 1.11. The van der Waals surface area contributed by atoms with Gasteiger partial charge in [0.15, 0.2) is 0 Å². The molecule has 0 bridgehead atoms. The molecule has 1 aliphatic rings. The Morgan fingerprint density at radius 2 is 2.43 bits per heavy atom. The monoisotopic (exact) mass is 210 g/mol. The van der Waals surface area contributed by atoms with Crippen LogP contribution in [0.3, 0.4) is 0 Å². The zero-order valence-electron chi connectivity index (χ0n) is 7.47. The molecule has 14 heavy (non-hydrogen) atoms. The van der Waals surface area contributed by atoms with Crippen LogP contribution in [-0.2, 0) is 4.74 Å². The van der Waals surface area contributed by atoms with Crippen molar-refractivity contribution in [2.75, 3.05) is 13.2 Å².